The third kappa shape index (κ3) is 7.24. The molecule has 23 heavy (non-hydrogen) atoms. The lowest BCUT2D eigenvalue weighted by Crippen LogP contribution is -3.59. The van der Waals surface area contributed by atoms with Crippen LogP contribution in [0.4, 0.5) is 13.2 Å². The third-order valence-corrected chi connectivity index (χ3v) is 5.11. The minimum Gasteiger partial charge on any atom is -0.376 e. The molecule has 9 heteroatoms. The van der Waals surface area contributed by atoms with E-state index in [4.69, 9.17) is 4.74 Å². The van der Waals surface area contributed by atoms with Gasteiger partial charge in [0.1, 0.15) is 5.75 Å². The summed E-state index contributed by atoms with van der Waals surface area (Å²) in [4.78, 5) is 0. The molecule has 0 unspecified atom stereocenters. The molecule has 0 aliphatic heterocycles. The topological polar surface area (TPSA) is 52.6 Å². The Labute approximate surface area is 143 Å². The first-order chi connectivity index (χ1) is 10.8. The highest BCUT2D eigenvalue weighted by molar-refractivity contribution is 7.87. The summed E-state index contributed by atoms with van der Waals surface area (Å²) < 4.78 is 71.2. The van der Waals surface area contributed by atoms with Gasteiger partial charge in [0.25, 0.3) is 0 Å². The smallest absolute Gasteiger partial charge is 0.376 e. The summed E-state index contributed by atoms with van der Waals surface area (Å²) in [7, 11) is -5.64. The van der Waals surface area contributed by atoms with Gasteiger partial charge in [-0.25, -0.2) is 0 Å². The van der Waals surface area contributed by atoms with Gasteiger partial charge in [0, 0.05) is 6.42 Å². The Kier molecular flexibility index (Phi) is 7.87. The fourth-order valence-corrected chi connectivity index (χ4v) is 3.10. The molecular formula is C14H13F3IO4S+. The van der Waals surface area contributed by atoms with Crippen LogP contribution in [0.25, 0.3) is 0 Å². The first-order valence-corrected chi connectivity index (χ1v) is 9.74. The van der Waals surface area contributed by atoms with E-state index in [1.807, 2.05) is 0 Å². The van der Waals surface area contributed by atoms with Crippen LogP contribution in [0.5, 0.6) is 5.75 Å². The SMILES string of the molecule is C=CCOCCC#C[I+]c1ccc(OS(=O)(=O)C(F)(F)F)cc1. The van der Waals surface area contributed by atoms with E-state index >= 15 is 0 Å². The Bertz CT molecular complexity index is 673. The van der Waals surface area contributed by atoms with Gasteiger partial charge < -0.3 is 8.92 Å². The lowest BCUT2D eigenvalue weighted by atomic mass is 10.3. The highest BCUT2D eigenvalue weighted by Gasteiger charge is 2.48. The molecule has 0 saturated carbocycles. The number of hydrogen-bond acceptors (Lipinski definition) is 4. The molecule has 0 spiro atoms. The molecule has 0 N–H and O–H groups in total. The van der Waals surface area contributed by atoms with Crippen LogP contribution < -0.4 is 25.4 Å². The molecule has 0 amide bonds. The maximum Gasteiger partial charge on any atom is 0.534 e. The normalized spacial score (nSPS) is 11.4. The van der Waals surface area contributed by atoms with Crippen LogP contribution in [0.2, 0.25) is 0 Å². The second-order valence-corrected chi connectivity index (χ2v) is 7.78. The maximum atomic E-state index is 12.2. The van der Waals surface area contributed by atoms with Crippen LogP contribution in [0, 0.1) is 13.4 Å². The van der Waals surface area contributed by atoms with Gasteiger partial charge in [0.2, 0.25) is 3.57 Å². The van der Waals surface area contributed by atoms with Crippen LogP contribution in [-0.2, 0) is 14.9 Å². The molecule has 0 atom stereocenters. The third-order valence-electron chi connectivity index (χ3n) is 2.13. The summed E-state index contributed by atoms with van der Waals surface area (Å²) in [6, 6.07) is 5.34. The van der Waals surface area contributed by atoms with Crippen molar-refractivity contribution in [1.82, 2.24) is 0 Å². The number of alkyl halides is 3. The largest absolute Gasteiger partial charge is 0.534 e. The van der Waals surface area contributed by atoms with Gasteiger partial charge in [-0.15, -0.1) is 6.58 Å². The molecular weight excluding hydrogens is 448 g/mol. The summed E-state index contributed by atoms with van der Waals surface area (Å²) >= 11 is -0.633. The Morgan fingerprint density at radius 1 is 1.26 bits per heavy atom. The zero-order valence-corrected chi connectivity index (χ0v) is 14.7. The summed E-state index contributed by atoms with van der Waals surface area (Å²) in [5.74, 6) is 2.54. The molecule has 0 aliphatic carbocycles. The summed E-state index contributed by atoms with van der Waals surface area (Å²) in [5, 5.41) is 0. The number of halogens is 4. The predicted molar refractivity (Wildman–Crippen MR) is 74.2 cm³/mol. The molecule has 4 nitrogen and oxygen atoms in total. The van der Waals surface area contributed by atoms with Gasteiger partial charge in [-0.1, -0.05) is 6.08 Å². The standard InChI is InChI=1S/C14H13F3IO4S/c1-2-10-21-11-4-3-9-18-12-5-7-13(8-6-12)22-23(19,20)14(15,16)17/h2,5-8H,1,4,10-11H2/q+1. The van der Waals surface area contributed by atoms with Crippen molar-refractivity contribution in [2.24, 2.45) is 0 Å². The average molecular weight is 461 g/mol. The number of hydrogen-bond donors (Lipinski definition) is 0. The van der Waals surface area contributed by atoms with E-state index in [9.17, 15) is 21.6 Å². The first-order valence-electron chi connectivity index (χ1n) is 6.17. The van der Waals surface area contributed by atoms with E-state index in [1.54, 1.807) is 6.08 Å². The first kappa shape index (κ1) is 19.8. The van der Waals surface area contributed by atoms with Crippen molar-refractivity contribution < 1.29 is 51.7 Å². The van der Waals surface area contributed by atoms with Crippen molar-refractivity contribution in [3.05, 3.63) is 40.5 Å². The lowest BCUT2D eigenvalue weighted by Gasteiger charge is -2.08. The summed E-state index contributed by atoms with van der Waals surface area (Å²) in [5.41, 5.74) is -5.45. The molecule has 0 radical (unpaired) electrons. The van der Waals surface area contributed by atoms with Gasteiger partial charge in [0.15, 0.2) is 3.93 Å². The number of benzene rings is 1. The second-order valence-electron chi connectivity index (χ2n) is 3.92. The fourth-order valence-electron chi connectivity index (χ4n) is 1.15. The van der Waals surface area contributed by atoms with Crippen LogP contribution in [0.3, 0.4) is 0 Å². The summed E-state index contributed by atoms with van der Waals surface area (Å²) in [6.07, 6.45) is 2.22. The molecule has 0 aromatic heterocycles. The Balaban J connectivity index is 2.51. The number of ether oxygens (including phenoxy) is 1. The van der Waals surface area contributed by atoms with Crippen molar-refractivity contribution in [3.63, 3.8) is 0 Å². The predicted octanol–water partition coefficient (Wildman–Crippen LogP) is -0.273. The van der Waals surface area contributed by atoms with Crippen molar-refractivity contribution in [1.29, 1.82) is 0 Å². The van der Waals surface area contributed by atoms with Gasteiger partial charge in [-0.05, 0) is 30.2 Å². The van der Waals surface area contributed by atoms with E-state index in [1.165, 1.54) is 24.3 Å². The van der Waals surface area contributed by atoms with Gasteiger partial charge in [-0.3, -0.25) is 0 Å². The van der Waals surface area contributed by atoms with Gasteiger partial charge in [0.05, 0.1) is 13.2 Å². The van der Waals surface area contributed by atoms with Gasteiger partial charge in [-0.2, -0.15) is 21.6 Å². The Morgan fingerprint density at radius 2 is 1.91 bits per heavy atom. The van der Waals surface area contributed by atoms with Crippen molar-refractivity contribution in [2.45, 2.75) is 11.9 Å². The van der Waals surface area contributed by atoms with Crippen LogP contribution in [0.1, 0.15) is 6.42 Å². The van der Waals surface area contributed by atoms with E-state index in [0.29, 0.717) is 19.6 Å². The molecule has 0 saturated heterocycles. The average Bonchev–Trinajstić information content (AvgIpc) is 2.46. The summed E-state index contributed by atoms with van der Waals surface area (Å²) in [6.45, 7) is 4.49. The lowest BCUT2D eigenvalue weighted by molar-refractivity contribution is -0.535. The van der Waals surface area contributed by atoms with Crippen molar-refractivity contribution >= 4 is 10.1 Å². The van der Waals surface area contributed by atoms with Crippen molar-refractivity contribution in [3.8, 4) is 15.6 Å². The highest BCUT2D eigenvalue weighted by atomic mass is 127. The molecule has 126 valence electrons. The van der Waals surface area contributed by atoms with E-state index in [-0.39, 0.29) is 5.75 Å². The maximum absolute atomic E-state index is 12.2. The molecule has 1 rings (SSSR count). The number of rotatable bonds is 7. The molecule has 0 aliphatic rings. The van der Waals surface area contributed by atoms with Crippen molar-refractivity contribution in [2.75, 3.05) is 13.2 Å². The second kappa shape index (κ2) is 9.14. The zero-order valence-electron chi connectivity index (χ0n) is 11.8. The molecule has 1 aromatic carbocycles. The monoisotopic (exact) mass is 461 g/mol. The van der Waals surface area contributed by atoms with E-state index in [0.717, 1.165) is 3.57 Å². The minimum absolute atomic E-state index is 0.388. The molecule has 0 bridgehead atoms. The molecule has 0 fully saturated rings. The zero-order chi connectivity index (χ0) is 17.3. The molecule has 1 aromatic rings. The van der Waals surface area contributed by atoms with Crippen LogP contribution in [-0.4, -0.2) is 27.1 Å². The van der Waals surface area contributed by atoms with E-state index in [2.05, 4.69) is 20.6 Å². The minimum atomic E-state index is -5.64. The highest BCUT2D eigenvalue weighted by Crippen LogP contribution is 2.26. The van der Waals surface area contributed by atoms with E-state index < -0.39 is 36.8 Å². The van der Waals surface area contributed by atoms with Gasteiger partial charge >= 0.3 is 36.8 Å². The Morgan fingerprint density at radius 3 is 2.48 bits per heavy atom. The molecule has 0 heterocycles. The van der Waals surface area contributed by atoms with Crippen LogP contribution >= 0.6 is 0 Å². The van der Waals surface area contributed by atoms with Crippen LogP contribution in [0.15, 0.2) is 36.9 Å². The quantitative estimate of drug-likeness (QED) is 0.140. The fraction of sp³-hybridized carbons (Fsp3) is 0.286. The Hall–Kier alpha value is -1.25.